The first-order valence-electron chi connectivity index (χ1n) is 7.63. The summed E-state index contributed by atoms with van der Waals surface area (Å²) >= 11 is 3.23. The van der Waals surface area contributed by atoms with E-state index in [0.29, 0.717) is 4.47 Å². The van der Waals surface area contributed by atoms with Gasteiger partial charge in [0.25, 0.3) is 0 Å². The Kier molecular flexibility index (Phi) is 6.70. The van der Waals surface area contributed by atoms with Crippen LogP contribution in [-0.4, -0.2) is 40.8 Å². The number of nitrogens with two attached hydrogens (primary N) is 1. The fraction of sp³-hybridized carbons (Fsp3) is 0.333. The smallest absolute Gasteiger partial charge is 0.241 e. The summed E-state index contributed by atoms with van der Waals surface area (Å²) in [5, 5.41) is 26.5. The van der Waals surface area contributed by atoms with Gasteiger partial charge >= 0.3 is 0 Å². The molecule has 27 heavy (non-hydrogen) atoms. The Hall–Kier alpha value is -1.86. The van der Waals surface area contributed by atoms with E-state index in [-0.39, 0.29) is 23.1 Å². The van der Waals surface area contributed by atoms with E-state index in [1.165, 1.54) is 12.3 Å². The van der Waals surface area contributed by atoms with Crippen LogP contribution < -0.4 is 15.2 Å². The van der Waals surface area contributed by atoms with Crippen LogP contribution in [0, 0.1) is 5.82 Å². The number of hydrogen-bond acceptors (Lipinski definition) is 8. The number of nitrogens with zero attached hydrogens (tertiary/aromatic N) is 2. The molecule has 0 aliphatic carbocycles. The number of benzene rings is 1. The average Bonchev–Trinajstić information content (AvgIpc) is 2.55. The summed E-state index contributed by atoms with van der Waals surface area (Å²) in [5.74, 6) is -0.953. The van der Waals surface area contributed by atoms with Crippen LogP contribution in [0.2, 0.25) is 0 Å². The van der Waals surface area contributed by atoms with Gasteiger partial charge in [0, 0.05) is 11.3 Å². The minimum Gasteiger partial charge on any atom is -0.471 e. The number of nitrogens with one attached hydrogen (secondary N) is 1. The maximum Gasteiger partial charge on any atom is 0.241 e. The van der Waals surface area contributed by atoms with Gasteiger partial charge in [-0.3, -0.25) is 0 Å². The Balaban J connectivity index is 2.36. The van der Waals surface area contributed by atoms with Crippen molar-refractivity contribution >= 4 is 37.6 Å². The molecule has 2 atom stereocenters. The number of ether oxygens (including phenoxy) is 1. The third-order valence-electron chi connectivity index (χ3n) is 3.52. The van der Waals surface area contributed by atoms with Crippen LogP contribution in [0.25, 0.3) is 0 Å². The lowest BCUT2D eigenvalue weighted by molar-refractivity contribution is 0.0569. The first-order valence-corrected chi connectivity index (χ1v) is 9.97. The lowest BCUT2D eigenvalue weighted by atomic mass is 10.2. The monoisotopic (exact) mass is 464 g/mol. The van der Waals surface area contributed by atoms with Crippen molar-refractivity contribution in [3.63, 3.8) is 0 Å². The van der Waals surface area contributed by atoms with E-state index in [1.807, 2.05) is 0 Å². The molecule has 0 spiro atoms. The molecule has 0 aliphatic heterocycles. The number of anilines is 2. The summed E-state index contributed by atoms with van der Waals surface area (Å²) in [5.41, 5.74) is -0.114. The Morgan fingerprint density at radius 3 is 2.63 bits per heavy atom. The Bertz CT molecular complexity index is 942. The van der Waals surface area contributed by atoms with Crippen molar-refractivity contribution in [1.29, 1.82) is 0 Å². The molecule has 2 rings (SSSR count). The molecule has 1 heterocycles. The van der Waals surface area contributed by atoms with Gasteiger partial charge in [-0.1, -0.05) is 0 Å². The molecule has 148 valence electrons. The summed E-state index contributed by atoms with van der Waals surface area (Å²) in [6.07, 6.45) is 0.105. The number of aliphatic hydroxyl groups is 2. The number of hydrogen-bond donors (Lipinski definition) is 4. The van der Waals surface area contributed by atoms with Gasteiger partial charge < -0.3 is 20.3 Å². The minimum absolute atomic E-state index is 0.0256. The number of sulfonamides is 1. The van der Waals surface area contributed by atoms with E-state index in [1.54, 1.807) is 13.8 Å². The van der Waals surface area contributed by atoms with Crippen LogP contribution in [0.5, 0.6) is 5.88 Å². The number of rotatable bonds is 7. The molecule has 0 bridgehead atoms. The van der Waals surface area contributed by atoms with Crippen molar-refractivity contribution in [2.75, 3.05) is 5.32 Å². The van der Waals surface area contributed by atoms with E-state index >= 15 is 0 Å². The summed E-state index contributed by atoms with van der Waals surface area (Å²) in [6.45, 7) is 2.48. The molecule has 9 nitrogen and oxygen atoms in total. The first-order chi connectivity index (χ1) is 12.5. The van der Waals surface area contributed by atoms with Gasteiger partial charge in [0.05, 0.1) is 23.4 Å². The summed E-state index contributed by atoms with van der Waals surface area (Å²) in [4.78, 5) is 7.34. The van der Waals surface area contributed by atoms with Gasteiger partial charge in [-0.2, -0.15) is 4.98 Å². The molecule has 0 fully saturated rings. The SMILES string of the molecule is C[C@@H](O)[C@@H](C)Oc1nc(Nc2cc(F)c(S(N)(=O)=O)c(CO)c2)ncc1Br. The number of halogens is 2. The van der Waals surface area contributed by atoms with Crippen LogP contribution in [-0.2, 0) is 16.6 Å². The molecule has 5 N–H and O–H groups in total. The van der Waals surface area contributed by atoms with E-state index in [0.717, 1.165) is 6.07 Å². The van der Waals surface area contributed by atoms with Crippen LogP contribution in [0.3, 0.4) is 0 Å². The molecule has 1 aromatic heterocycles. The van der Waals surface area contributed by atoms with Crippen molar-refractivity contribution in [3.05, 3.63) is 34.2 Å². The molecular formula is C15H18BrFN4O5S. The van der Waals surface area contributed by atoms with Crippen LogP contribution in [0.4, 0.5) is 16.0 Å². The molecule has 0 radical (unpaired) electrons. The third-order valence-corrected chi connectivity index (χ3v) is 5.09. The first kappa shape index (κ1) is 21.4. The number of aliphatic hydroxyl groups excluding tert-OH is 2. The third kappa shape index (κ3) is 5.32. The minimum atomic E-state index is -4.34. The molecule has 0 saturated carbocycles. The van der Waals surface area contributed by atoms with Gasteiger partial charge in [0.15, 0.2) is 0 Å². The quantitative estimate of drug-likeness (QED) is 0.480. The number of aromatic nitrogens is 2. The van der Waals surface area contributed by atoms with E-state index in [4.69, 9.17) is 9.88 Å². The zero-order valence-electron chi connectivity index (χ0n) is 14.3. The highest BCUT2D eigenvalue weighted by Crippen LogP contribution is 2.28. The lowest BCUT2D eigenvalue weighted by Crippen LogP contribution is -2.26. The van der Waals surface area contributed by atoms with Crippen molar-refractivity contribution in [2.45, 2.75) is 37.6 Å². The van der Waals surface area contributed by atoms with Gasteiger partial charge in [0.1, 0.15) is 16.8 Å². The molecule has 0 aliphatic rings. The van der Waals surface area contributed by atoms with E-state index < -0.39 is 39.6 Å². The Morgan fingerprint density at radius 2 is 2.07 bits per heavy atom. The van der Waals surface area contributed by atoms with Crippen LogP contribution in [0.1, 0.15) is 19.4 Å². The Morgan fingerprint density at radius 1 is 1.41 bits per heavy atom. The highest BCUT2D eigenvalue weighted by Gasteiger charge is 2.21. The van der Waals surface area contributed by atoms with E-state index in [9.17, 15) is 23.0 Å². The Labute approximate surface area is 163 Å². The summed E-state index contributed by atoms with van der Waals surface area (Å²) in [7, 11) is -4.34. The van der Waals surface area contributed by atoms with Crippen LogP contribution in [0.15, 0.2) is 27.7 Å². The van der Waals surface area contributed by atoms with Crippen molar-refractivity contribution in [1.82, 2.24) is 9.97 Å². The van der Waals surface area contributed by atoms with Crippen molar-refractivity contribution in [2.24, 2.45) is 5.14 Å². The largest absolute Gasteiger partial charge is 0.471 e. The predicted octanol–water partition coefficient (Wildman–Crippen LogP) is 1.41. The predicted molar refractivity (Wildman–Crippen MR) is 98.5 cm³/mol. The lowest BCUT2D eigenvalue weighted by Gasteiger charge is -2.17. The average molecular weight is 465 g/mol. The molecule has 0 amide bonds. The summed E-state index contributed by atoms with van der Waals surface area (Å²) < 4.78 is 43.1. The van der Waals surface area contributed by atoms with Gasteiger partial charge in [-0.05, 0) is 41.9 Å². The summed E-state index contributed by atoms with van der Waals surface area (Å²) in [6, 6.07) is 2.11. The zero-order valence-corrected chi connectivity index (χ0v) is 16.8. The van der Waals surface area contributed by atoms with Gasteiger partial charge in [-0.25, -0.2) is 22.9 Å². The standard InChI is InChI=1S/C15H18BrFN4O5S/c1-7(23)8(2)26-14-11(16)5-19-15(21-14)20-10-3-9(6-22)13(12(17)4-10)27(18,24)25/h3-5,7-8,22-23H,6H2,1-2H3,(H2,18,24,25)(H,19,20,21)/t7-,8-/m1/s1. The van der Waals surface area contributed by atoms with Crippen molar-refractivity contribution in [3.8, 4) is 5.88 Å². The highest BCUT2D eigenvalue weighted by molar-refractivity contribution is 9.10. The second kappa shape index (κ2) is 8.44. The van der Waals surface area contributed by atoms with Gasteiger partial charge in [-0.15, -0.1) is 0 Å². The topological polar surface area (TPSA) is 148 Å². The van der Waals surface area contributed by atoms with Gasteiger partial charge in [0.2, 0.25) is 21.9 Å². The van der Waals surface area contributed by atoms with Crippen molar-refractivity contribution < 1.29 is 27.8 Å². The fourth-order valence-electron chi connectivity index (χ4n) is 2.06. The molecular weight excluding hydrogens is 447 g/mol. The molecule has 0 unspecified atom stereocenters. The second-order valence-electron chi connectivity index (χ2n) is 5.68. The molecule has 0 saturated heterocycles. The molecule has 12 heteroatoms. The maximum atomic E-state index is 14.2. The normalized spacial score (nSPS) is 13.9. The number of primary sulfonamides is 1. The maximum absolute atomic E-state index is 14.2. The van der Waals surface area contributed by atoms with Crippen LogP contribution >= 0.6 is 15.9 Å². The second-order valence-corrected chi connectivity index (χ2v) is 8.04. The zero-order chi connectivity index (χ0) is 20.4. The molecule has 2 aromatic rings. The molecule has 1 aromatic carbocycles. The highest BCUT2D eigenvalue weighted by atomic mass is 79.9. The fourth-order valence-corrected chi connectivity index (χ4v) is 3.16. The van der Waals surface area contributed by atoms with E-state index in [2.05, 4.69) is 31.2 Å².